The zero-order chi connectivity index (χ0) is 19.3. The number of benzene rings is 1. The Morgan fingerprint density at radius 1 is 1.15 bits per heavy atom. The number of halogens is 3. The van der Waals surface area contributed by atoms with Gasteiger partial charge < -0.3 is 15.2 Å². The first-order valence-corrected chi connectivity index (χ1v) is 7.66. The molecule has 0 spiro atoms. The van der Waals surface area contributed by atoms with Crippen LogP contribution in [0.4, 0.5) is 18.9 Å². The van der Waals surface area contributed by atoms with Crippen molar-refractivity contribution >= 4 is 17.5 Å². The molecule has 0 fully saturated rings. The smallest absolute Gasteiger partial charge is 0.330 e. The highest BCUT2D eigenvalue weighted by atomic mass is 19.4. The average Bonchev–Trinajstić information content (AvgIpc) is 2.59. The highest BCUT2D eigenvalue weighted by Gasteiger charge is 2.33. The van der Waals surface area contributed by atoms with Crippen LogP contribution < -0.4 is 10.9 Å². The number of anilines is 1. The summed E-state index contributed by atoms with van der Waals surface area (Å²) >= 11 is 0. The van der Waals surface area contributed by atoms with Gasteiger partial charge in [-0.1, -0.05) is 12.1 Å². The Morgan fingerprint density at radius 2 is 1.85 bits per heavy atom. The molecule has 0 saturated heterocycles. The van der Waals surface area contributed by atoms with E-state index in [1.807, 2.05) is 0 Å². The van der Waals surface area contributed by atoms with Crippen molar-refractivity contribution in [3.63, 3.8) is 0 Å². The van der Waals surface area contributed by atoms with Crippen molar-refractivity contribution in [3.8, 4) is 0 Å². The van der Waals surface area contributed by atoms with Crippen LogP contribution in [0.5, 0.6) is 0 Å². The van der Waals surface area contributed by atoms with Crippen LogP contribution in [0.1, 0.15) is 22.8 Å². The number of hydrogen-bond acceptors (Lipinski definition) is 3. The normalized spacial score (nSPS) is 11.1. The molecule has 2 N–H and O–H groups in total. The summed E-state index contributed by atoms with van der Waals surface area (Å²) < 4.78 is 38.9. The first-order valence-electron chi connectivity index (χ1n) is 7.66. The predicted molar refractivity (Wildman–Crippen MR) is 88.7 cm³/mol. The summed E-state index contributed by atoms with van der Waals surface area (Å²) in [5.41, 5.74) is -1.57. The highest BCUT2D eigenvalue weighted by Crippen LogP contribution is 2.34. The van der Waals surface area contributed by atoms with Crippen LogP contribution in [-0.2, 0) is 11.0 Å². The monoisotopic (exact) mass is 367 g/mol. The van der Waals surface area contributed by atoms with Crippen molar-refractivity contribution in [2.75, 3.05) is 18.4 Å². The Bertz CT molecular complexity index is 842. The summed E-state index contributed by atoms with van der Waals surface area (Å²) in [4.78, 5) is 39.0. The zero-order valence-corrected chi connectivity index (χ0v) is 13.8. The Labute approximate surface area is 146 Å². The first kappa shape index (κ1) is 19.2. The maximum absolute atomic E-state index is 13.0. The Balaban J connectivity index is 2.12. The number of carbonyl (C=O) groups excluding carboxylic acids is 2. The van der Waals surface area contributed by atoms with E-state index in [1.165, 1.54) is 30.5 Å². The molecule has 0 aliphatic carbocycles. The highest BCUT2D eigenvalue weighted by molar-refractivity contribution is 5.99. The molecule has 1 aromatic heterocycles. The van der Waals surface area contributed by atoms with Crippen molar-refractivity contribution in [1.82, 2.24) is 9.88 Å². The molecule has 0 unspecified atom stereocenters. The number of alkyl halides is 3. The lowest BCUT2D eigenvalue weighted by atomic mass is 10.1. The Kier molecular flexibility index (Phi) is 5.81. The molecule has 138 valence electrons. The van der Waals surface area contributed by atoms with E-state index in [0.717, 1.165) is 17.0 Å². The standard InChI is InChI=1S/C17H16F3N3O3/c1-2-23(16(26)11-7-8-14(24)21-9-11)10-15(25)22-13-6-4-3-5-12(13)17(18,19)20/h3-9H,2,10H2,1H3,(H,21,24)(H,22,25). The van der Waals surface area contributed by atoms with Gasteiger partial charge in [-0.05, 0) is 25.1 Å². The number of para-hydroxylation sites is 1. The minimum atomic E-state index is -4.61. The number of aromatic nitrogens is 1. The molecule has 2 amide bonds. The Hall–Kier alpha value is -3.10. The van der Waals surface area contributed by atoms with Gasteiger partial charge in [0.15, 0.2) is 0 Å². The number of pyridine rings is 1. The van der Waals surface area contributed by atoms with Gasteiger partial charge in [-0.15, -0.1) is 0 Å². The summed E-state index contributed by atoms with van der Waals surface area (Å²) in [5.74, 6) is -1.29. The molecule has 0 radical (unpaired) electrons. The molecule has 1 heterocycles. The van der Waals surface area contributed by atoms with E-state index >= 15 is 0 Å². The largest absolute Gasteiger partial charge is 0.418 e. The summed E-state index contributed by atoms with van der Waals surface area (Å²) in [6.07, 6.45) is -3.40. The Morgan fingerprint density at radius 3 is 2.42 bits per heavy atom. The lowest BCUT2D eigenvalue weighted by Crippen LogP contribution is -2.38. The molecule has 0 aliphatic rings. The van der Waals surface area contributed by atoms with E-state index in [4.69, 9.17) is 0 Å². The fourth-order valence-electron chi connectivity index (χ4n) is 2.26. The number of nitrogens with zero attached hydrogens (tertiary/aromatic N) is 1. The van der Waals surface area contributed by atoms with Gasteiger partial charge in [0.1, 0.15) is 6.54 Å². The van der Waals surface area contributed by atoms with E-state index in [9.17, 15) is 27.6 Å². The van der Waals surface area contributed by atoms with Crippen molar-refractivity contribution in [3.05, 3.63) is 64.1 Å². The third kappa shape index (κ3) is 4.71. The zero-order valence-electron chi connectivity index (χ0n) is 13.8. The lowest BCUT2D eigenvalue weighted by Gasteiger charge is -2.21. The predicted octanol–water partition coefficient (Wildman–Crippen LogP) is 2.49. The molecule has 2 rings (SSSR count). The van der Waals surface area contributed by atoms with Crippen LogP contribution in [0.2, 0.25) is 0 Å². The second-order valence-corrected chi connectivity index (χ2v) is 5.35. The number of carbonyl (C=O) groups is 2. The first-order chi connectivity index (χ1) is 12.2. The van der Waals surface area contributed by atoms with E-state index in [-0.39, 0.29) is 23.4 Å². The van der Waals surface area contributed by atoms with Gasteiger partial charge in [0.2, 0.25) is 11.5 Å². The molecule has 0 aliphatic heterocycles. The van der Waals surface area contributed by atoms with E-state index < -0.39 is 30.1 Å². The second kappa shape index (κ2) is 7.85. The molecule has 9 heteroatoms. The van der Waals surface area contributed by atoms with E-state index in [1.54, 1.807) is 6.92 Å². The fourth-order valence-corrected chi connectivity index (χ4v) is 2.26. The van der Waals surface area contributed by atoms with Crippen LogP contribution >= 0.6 is 0 Å². The third-order valence-electron chi connectivity index (χ3n) is 3.54. The SMILES string of the molecule is CCN(CC(=O)Nc1ccccc1C(F)(F)F)C(=O)c1ccc(=O)[nH]c1. The minimum absolute atomic E-state index is 0.159. The van der Waals surface area contributed by atoms with Crippen LogP contribution in [0.15, 0.2) is 47.4 Å². The topological polar surface area (TPSA) is 82.3 Å². The number of nitrogens with one attached hydrogen (secondary N) is 2. The number of H-pyrrole nitrogens is 1. The number of hydrogen-bond donors (Lipinski definition) is 2. The van der Waals surface area contributed by atoms with Crippen molar-refractivity contribution in [2.45, 2.75) is 13.1 Å². The number of rotatable bonds is 5. The quantitative estimate of drug-likeness (QED) is 0.852. The molecule has 2 aromatic rings. The van der Waals surface area contributed by atoms with E-state index in [0.29, 0.717) is 0 Å². The molecular formula is C17H16F3N3O3. The summed E-state index contributed by atoms with van der Waals surface area (Å²) in [6.45, 7) is 1.35. The molecule has 26 heavy (non-hydrogen) atoms. The molecule has 0 atom stereocenters. The molecule has 0 bridgehead atoms. The molecular weight excluding hydrogens is 351 g/mol. The van der Waals surface area contributed by atoms with Crippen molar-refractivity contribution in [1.29, 1.82) is 0 Å². The van der Waals surface area contributed by atoms with Crippen LogP contribution in [0.3, 0.4) is 0 Å². The minimum Gasteiger partial charge on any atom is -0.330 e. The van der Waals surface area contributed by atoms with Crippen molar-refractivity contribution < 1.29 is 22.8 Å². The number of aromatic amines is 1. The van der Waals surface area contributed by atoms with Gasteiger partial charge in [0, 0.05) is 18.8 Å². The third-order valence-corrected chi connectivity index (χ3v) is 3.54. The van der Waals surface area contributed by atoms with Crippen LogP contribution in [0.25, 0.3) is 0 Å². The van der Waals surface area contributed by atoms with Gasteiger partial charge in [0.05, 0.1) is 16.8 Å². The maximum Gasteiger partial charge on any atom is 0.418 e. The van der Waals surface area contributed by atoms with Crippen LogP contribution in [0, 0.1) is 0 Å². The van der Waals surface area contributed by atoms with Gasteiger partial charge in [-0.3, -0.25) is 14.4 Å². The summed E-state index contributed by atoms with van der Waals surface area (Å²) in [7, 11) is 0. The number of likely N-dealkylation sites (N-methyl/N-ethyl adjacent to an activating group) is 1. The summed E-state index contributed by atoms with van der Waals surface area (Å²) in [6, 6.07) is 7.06. The fraction of sp³-hybridized carbons (Fsp3) is 0.235. The van der Waals surface area contributed by atoms with Gasteiger partial charge in [-0.25, -0.2) is 0 Å². The average molecular weight is 367 g/mol. The lowest BCUT2D eigenvalue weighted by molar-refractivity contribution is -0.137. The van der Waals surface area contributed by atoms with Crippen molar-refractivity contribution in [2.24, 2.45) is 0 Å². The second-order valence-electron chi connectivity index (χ2n) is 5.35. The number of amides is 2. The van der Waals surface area contributed by atoms with Gasteiger partial charge >= 0.3 is 6.18 Å². The van der Waals surface area contributed by atoms with E-state index in [2.05, 4.69) is 10.3 Å². The van der Waals surface area contributed by atoms with Crippen LogP contribution in [-0.4, -0.2) is 34.8 Å². The van der Waals surface area contributed by atoms with Gasteiger partial charge in [-0.2, -0.15) is 13.2 Å². The molecule has 6 nitrogen and oxygen atoms in total. The maximum atomic E-state index is 13.0. The molecule has 0 saturated carbocycles. The van der Waals surface area contributed by atoms with Gasteiger partial charge in [0.25, 0.3) is 5.91 Å². The summed E-state index contributed by atoms with van der Waals surface area (Å²) in [5, 5.41) is 2.19. The molecule has 1 aromatic carbocycles.